The Morgan fingerprint density at radius 2 is 0.623 bits per heavy atom. The molecule has 0 fully saturated rings. The zero-order valence-corrected chi connectivity index (χ0v) is 40.1. The summed E-state index contributed by atoms with van der Waals surface area (Å²) in [5, 5.41) is 0. The van der Waals surface area contributed by atoms with Gasteiger partial charge in [0.05, 0.1) is 6.04 Å². The largest absolute Gasteiger partial charge is 0.334 e. The minimum atomic E-state index is 0.202. The van der Waals surface area contributed by atoms with Crippen LogP contribution in [0.5, 0.6) is 0 Å². The molecule has 2 atom stereocenters. The van der Waals surface area contributed by atoms with Gasteiger partial charge in [0.2, 0.25) is 0 Å². The van der Waals surface area contributed by atoms with Crippen molar-refractivity contribution >= 4 is 62.6 Å². The van der Waals surface area contributed by atoms with Gasteiger partial charge in [-0.2, -0.15) is 0 Å². The van der Waals surface area contributed by atoms with E-state index in [2.05, 4.69) is 303 Å². The summed E-state index contributed by atoms with van der Waals surface area (Å²) in [6.07, 6.45) is 6.97. The molecule has 2 unspecified atom stereocenters. The third kappa shape index (κ3) is 9.75. The molecular weight excluding hydrogens is 837 g/mol. The maximum Gasteiger partial charge on any atom is 0.0587 e. The lowest BCUT2D eigenvalue weighted by atomic mass is 9.91. The highest BCUT2D eigenvalue weighted by Crippen LogP contribution is 2.42. The van der Waals surface area contributed by atoms with Crippen molar-refractivity contribution < 1.29 is 0 Å². The van der Waals surface area contributed by atoms with Gasteiger partial charge in [-0.15, -0.1) is 0 Å². The number of hydrogen-bond donors (Lipinski definition) is 0. The van der Waals surface area contributed by atoms with Gasteiger partial charge in [0.1, 0.15) is 0 Å². The Bertz CT molecular complexity index is 3170. The Morgan fingerprint density at radius 1 is 0.304 bits per heavy atom. The van der Waals surface area contributed by atoms with Crippen molar-refractivity contribution in [3.63, 3.8) is 0 Å². The molecule has 4 nitrogen and oxygen atoms in total. The summed E-state index contributed by atoms with van der Waals surface area (Å²) >= 11 is 0. The number of rotatable bonds is 13. The van der Waals surface area contributed by atoms with Gasteiger partial charge < -0.3 is 19.6 Å². The van der Waals surface area contributed by atoms with Crippen LogP contribution >= 0.6 is 0 Å². The first-order valence-corrected chi connectivity index (χ1v) is 24.0. The number of anilines is 11. The van der Waals surface area contributed by atoms with Crippen LogP contribution in [0.4, 0.5) is 62.6 Å². The summed E-state index contributed by atoms with van der Waals surface area (Å²) in [4.78, 5) is 9.49. The molecule has 0 radical (unpaired) electrons. The zero-order chi connectivity index (χ0) is 47.3. The van der Waals surface area contributed by atoms with Crippen LogP contribution in [-0.4, -0.2) is 6.04 Å². The fourth-order valence-corrected chi connectivity index (χ4v) is 9.62. The Labute approximate surface area is 409 Å². The monoisotopic (exact) mass is 894 g/mol. The van der Waals surface area contributed by atoms with E-state index in [4.69, 9.17) is 0 Å². The first kappa shape index (κ1) is 44.5. The minimum absolute atomic E-state index is 0.202. The average molecular weight is 895 g/mol. The number of benzene rings is 9. The van der Waals surface area contributed by atoms with Crippen LogP contribution < -0.4 is 19.6 Å². The molecule has 0 saturated heterocycles. The van der Waals surface area contributed by atoms with Gasteiger partial charge in [-0.1, -0.05) is 128 Å². The molecular formula is C65H58N4. The fourth-order valence-electron chi connectivity index (χ4n) is 9.62. The lowest BCUT2D eigenvalue weighted by Crippen LogP contribution is -2.35. The number of para-hydroxylation sites is 2. The molecule has 0 bridgehead atoms. The molecule has 1 aliphatic carbocycles. The van der Waals surface area contributed by atoms with E-state index in [9.17, 15) is 0 Å². The highest BCUT2D eigenvalue weighted by atomic mass is 15.2. The SMILES string of the molecule is CC1=CC(N(c2ccc(N(c3ccccc3)c3ccc(-c4ccc(N(c5ccccc5)c5ccc(N(c6cccc(C)c6)c6cccc(C)c6)cc5)cc4)cc3)cc2)c2cccc(C)c2)C(C)C=C1. The number of hydrogen-bond acceptors (Lipinski definition) is 4. The molecule has 0 N–H and O–H groups in total. The van der Waals surface area contributed by atoms with Crippen molar-refractivity contribution in [2.75, 3.05) is 19.6 Å². The van der Waals surface area contributed by atoms with E-state index in [0.717, 1.165) is 68.0 Å². The number of allylic oxidation sites excluding steroid dienone is 2. The standard InChI is InChI=1S/C65H58N4/c1-47-15-12-22-62(43-47)68(63-23-13-16-48(2)44-63)60-37-35-58(36-38-60)66(54-18-8-6-9-19-54)56-31-27-52(28-32-56)53-29-33-57(34-30-53)67(55-20-10-7-11-21-55)59-39-41-61(42-40-59)69(64-24-14-17-49(3)45-64)65-46-50(4)25-26-51(65)5/h6-46,51,65H,1-5H3. The maximum absolute atomic E-state index is 2.49. The van der Waals surface area contributed by atoms with E-state index in [-0.39, 0.29) is 6.04 Å². The molecule has 0 spiro atoms. The number of nitrogens with zero attached hydrogens (tertiary/aromatic N) is 4. The maximum atomic E-state index is 2.49. The van der Waals surface area contributed by atoms with E-state index in [1.807, 2.05) is 0 Å². The summed E-state index contributed by atoms with van der Waals surface area (Å²) < 4.78 is 0. The molecule has 10 rings (SSSR count). The lowest BCUT2D eigenvalue weighted by Gasteiger charge is -2.37. The number of aryl methyl sites for hydroxylation is 3. The second-order valence-corrected chi connectivity index (χ2v) is 18.3. The molecule has 338 valence electrons. The Balaban J connectivity index is 0.936. The molecule has 69 heavy (non-hydrogen) atoms. The summed E-state index contributed by atoms with van der Waals surface area (Å²) in [6.45, 7) is 11.0. The molecule has 4 heteroatoms. The predicted molar refractivity (Wildman–Crippen MR) is 295 cm³/mol. The molecule has 0 aliphatic heterocycles. The van der Waals surface area contributed by atoms with E-state index in [0.29, 0.717) is 5.92 Å². The topological polar surface area (TPSA) is 13.0 Å². The fraction of sp³-hybridized carbons (Fsp3) is 0.108. The third-order valence-corrected chi connectivity index (χ3v) is 13.1. The molecule has 9 aromatic carbocycles. The highest BCUT2D eigenvalue weighted by Gasteiger charge is 2.26. The van der Waals surface area contributed by atoms with Crippen LogP contribution in [0.25, 0.3) is 11.1 Å². The molecule has 0 heterocycles. The highest BCUT2D eigenvalue weighted by molar-refractivity contribution is 5.84. The van der Waals surface area contributed by atoms with E-state index >= 15 is 0 Å². The van der Waals surface area contributed by atoms with Crippen LogP contribution in [0.15, 0.2) is 254 Å². The van der Waals surface area contributed by atoms with Crippen molar-refractivity contribution in [1.82, 2.24) is 0 Å². The second-order valence-electron chi connectivity index (χ2n) is 18.3. The van der Waals surface area contributed by atoms with Crippen LogP contribution in [-0.2, 0) is 0 Å². The molecule has 9 aromatic rings. The summed E-state index contributed by atoms with van der Waals surface area (Å²) in [5.41, 5.74) is 19.6. The zero-order valence-electron chi connectivity index (χ0n) is 40.1. The first-order valence-electron chi connectivity index (χ1n) is 24.0. The van der Waals surface area contributed by atoms with Crippen molar-refractivity contribution in [3.8, 4) is 11.1 Å². The van der Waals surface area contributed by atoms with Gasteiger partial charge in [-0.05, 0) is 195 Å². The Morgan fingerprint density at radius 3 is 1.03 bits per heavy atom. The van der Waals surface area contributed by atoms with Crippen molar-refractivity contribution in [2.24, 2.45) is 5.92 Å². The Kier molecular flexibility index (Phi) is 12.8. The van der Waals surface area contributed by atoms with Gasteiger partial charge in [0, 0.05) is 62.6 Å². The van der Waals surface area contributed by atoms with Gasteiger partial charge in [-0.25, -0.2) is 0 Å². The van der Waals surface area contributed by atoms with Crippen LogP contribution in [0, 0.1) is 26.7 Å². The quantitative estimate of drug-likeness (QED) is 0.114. The smallest absolute Gasteiger partial charge is 0.0587 e. The van der Waals surface area contributed by atoms with Gasteiger partial charge in [0.15, 0.2) is 0 Å². The summed E-state index contributed by atoms with van der Waals surface area (Å²) in [7, 11) is 0. The van der Waals surface area contributed by atoms with E-state index < -0.39 is 0 Å². The van der Waals surface area contributed by atoms with E-state index in [1.165, 1.54) is 28.0 Å². The normalized spacial score (nSPS) is 14.2. The summed E-state index contributed by atoms with van der Waals surface area (Å²) in [5.74, 6) is 0.358. The molecule has 0 amide bonds. The van der Waals surface area contributed by atoms with Gasteiger partial charge >= 0.3 is 0 Å². The van der Waals surface area contributed by atoms with Crippen LogP contribution in [0.3, 0.4) is 0 Å². The second kappa shape index (κ2) is 19.9. The molecule has 1 aliphatic rings. The summed E-state index contributed by atoms with van der Waals surface area (Å²) in [6, 6.07) is 83.6. The predicted octanol–water partition coefficient (Wildman–Crippen LogP) is 18.3. The first-order chi connectivity index (χ1) is 33.8. The van der Waals surface area contributed by atoms with Crippen LogP contribution in [0.1, 0.15) is 30.5 Å². The third-order valence-electron chi connectivity index (χ3n) is 13.1. The van der Waals surface area contributed by atoms with E-state index in [1.54, 1.807) is 0 Å². The van der Waals surface area contributed by atoms with Crippen molar-refractivity contribution in [1.29, 1.82) is 0 Å². The van der Waals surface area contributed by atoms with Crippen LogP contribution in [0.2, 0.25) is 0 Å². The van der Waals surface area contributed by atoms with Gasteiger partial charge in [0.25, 0.3) is 0 Å². The molecule has 0 saturated carbocycles. The lowest BCUT2D eigenvalue weighted by molar-refractivity contribution is 0.605. The van der Waals surface area contributed by atoms with Crippen molar-refractivity contribution in [2.45, 2.75) is 40.7 Å². The Hall–Kier alpha value is -8.34. The average Bonchev–Trinajstić information content (AvgIpc) is 3.38. The minimum Gasteiger partial charge on any atom is -0.334 e. The van der Waals surface area contributed by atoms with Crippen molar-refractivity contribution in [3.05, 3.63) is 271 Å². The van der Waals surface area contributed by atoms with Gasteiger partial charge in [-0.3, -0.25) is 0 Å². The molecule has 0 aromatic heterocycles.